The summed E-state index contributed by atoms with van der Waals surface area (Å²) in [5, 5.41) is 0. The SMILES string of the molecule is OCl.c1ccccc1. The molecule has 1 aromatic carbocycles. The Labute approximate surface area is 53.7 Å². The molecule has 0 aliphatic rings. The third kappa shape index (κ3) is 3.65. The van der Waals surface area contributed by atoms with Crippen LogP contribution in [0.2, 0.25) is 0 Å². The third-order valence-electron chi connectivity index (χ3n) is 0.667. The van der Waals surface area contributed by atoms with E-state index in [1.165, 1.54) is 0 Å². The van der Waals surface area contributed by atoms with Gasteiger partial charge in [-0.2, -0.15) is 0 Å². The fourth-order valence-corrected chi connectivity index (χ4v) is 0.385. The Kier molecular flexibility index (Phi) is 6.04. The van der Waals surface area contributed by atoms with Crippen molar-refractivity contribution in [2.24, 2.45) is 0 Å². The van der Waals surface area contributed by atoms with Gasteiger partial charge in [0.25, 0.3) is 0 Å². The van der Waals surface area contributed by atoms with Gasteiger partial charge in [-0.05, 0) is 0 Å². The average Bonchev–Trinajstić information content (AvgIpc) is 1.96. The van der Waals surface area contributed by atoms with Gasteiger partial charge in [-0.25, -0.2) is 0 Å². The Morgan fingerprint density at radius 3 is 0.875 bits per heavy atom. The van der Waals surface area contributed by atoms with Crippen LogP contribution < -0.4 is 0 Å². The van der Waals surface area contributed by atoms with Gasteiger partial charge in [-0.3, -0.25) is 4.66 Å². The lowest BCUT2D eigenvalue weighted by atomic mass is 10.4. The van der Waals surface area contributed by atoms with Crippen LogP contribution in [0.5, 0.6) is 0 Å². The van der Waals surface area contributed by atoms with E-state index in [9.17, 15) is 0 Å². The summed E-state index contributed by atoms with van der Waals surface area (Å²) in [6.45, 7) is 0. The molecular weight excluding hydrogens is 124 g/mol. The van der Waals surface area contributed by atoms with Gasteiger partial charge in [0.15, 0.2) is 0 Å². The second kappa shape index (κ2) is 6.47. The summed E-state index contributed by atoms with van der Waals surface area (Å²) >= 11 is 3.64. The van der Waals surface area contributed by atoms with Crippen molar-refractivity contribution in [3.63, 3.8) is 0 Å². The molecule has 1 rings (SSSR count). The monoisotopic (exact) mass is 130 g/mol. The first-order valence-corrected chi connectivity index (χ1v) is 2.51. The first-order valence-electron chi connectivity index (χ1n) is 2.17. The highest BCUT2D eigenvalue weighted by Crippen LogP contribution is 1.79. The van der Waals surface area contributed by atoms with Gasteiger partial charge in [0, 0.05) is 0 Å². The van der Waals surface area contributed by atoms with Crippen LogP contribution in [0.25, 0.3) is 0 Å². The molecule has 8 heavy (non-hydrogen) atoms. The molecule has 0 unspecified atom stereocenters. The highest BCUT2D eigenvalue weighted by atomic mass is 35.5. The van der Waals surface area contributed by atoms with E-state index in [0.717, 1.165) is 0 Å². The molecular formula is C6H7ClO. The summed E-state index contributed by atoms with van der Waals surface area (Å²) in [4.78, 5) is 0. The van der Waals surface area contributed by atoms with Gasteiger partial charge < -0.3 is 0 Å². The van der Waals surface area contributed by atoms with E-state index in [2.05, 4.69) is 11.9 Å². The summed E-state index contributed by atoms with van der Waals surface area (Å²) in [7, 11) is 0. The van der Waals surface area contributed by atoms with Crippen molar-refractivity contribution in [3.05, 3.63) is 36.4 Å². The molecule has 0 aliphatic heterocycles. The molecule has 0 amide bonds. The molecule has 0 fully saturated rings. The zero-order chi connectivity index (χ0) is 6.24. The maximum atomic E-state index is 6.47. The highest BCUT2D eigenvalue weighted by molar-refractivity contribution is 6.04. The van der Waals surface area contributed by atoms with Crippen molar-refractivity contribution in [1.29, 1.82) is 0 Å². The first kappa shape index (κ1) is 7.47. The molecule has 1 aromatic rings. The van der Waals surface area contributed by atoms with E-state index >= 15 is 0 Å². The molecule has 0 aromatic heterocycles. The standard InChI is InChI=1S/C6H6.ClHO/c1-2-4-6-5-3-1;1-2/h1-6H;2H. The summed E-state index contributed by atoms with van der Waals surface area (Å²) in [6.07, 6.45) is 0. The van der Waals surface area contributed by atoms with Crippen molar-refractivity contribution in [3.8, 4) is 0 Å². The largest absolute Gasteiger partial charge is 0.295 e. The van der Waals surface area contributed by atoms with Crippen LogP contribution >= 0.6 is 11.9 Å². The molecule has 0 spiro atoms. The van der Waals surface area contributed by atoms with E-state index in [4.69, 9.17) is 4.66 Å². The molecule has 2 heteroatoms. The second-order valence-corrected chi connectivity index (χ2v) is 1.15. The van der Waals surface area contributed by atoms with Crippen molar-refractivity contribution in [1.82, 2.24) is 0 Å². The summed E-state index contributed by atoms with van der Waals surface area (Å²) < 4.78 is 6.47. The van der Waals surface area contributed by atoms with Crippen molar-refractivity contribution in [2.45, 2.75) is 0 Å². The quantitative estimate of drug-likeness (QED) is 0.568. The van der Waals surface area contributed by atoms with Crippen LogP contribution in [0.15, 0.2) is 36.4 Å². The topological polar surface area (TPSA) is 20.2 Å². The van der Waals surface area contributed by atoms with Crippen molar-refractivity contribution in [2.75, 3.05) is 0 Å². The Morgan fingerprint density at radius 1 is 0.625 bits per heavy atom. The van der Waals surface area contributed by atoms with E-state index in [-0.39, 0.29) is 0 Å². The zero-order valence-corrected chi connectivity index (χ0v) is 5.05. The Morgan fingerprint density at radius 2 is 0.750 bits per heavy atom. The Balaban J connectivity index is 0.000000222. The molecule has 0 heterocycles. The molecule has 1 N–H and O–H groups in total. The number of hydrogen-bond donors (Lipinski definition) is 1. The van der Waals surface area contributed by atoms with E-state index in [0.29, 0.717) is 0 Å². The molecule has 0 bridgehead atoms. The van der Waals surface area contributed by atoms with E-state index < -0.39 is 0 Å². The van der Waals surface area contributed by atoms with Crippen molar-refractivity contribution >= 4 is 11.9 Å². The fourth-order valence-electron chi connectivity index (χ4n) is 0.385. The van der Waals surface area contributed by atoms with Gasteiger partial charge in [0.1, 0.15) is 0 Å². The van der Waals surface area contributed by atoms with Gasteiger partial charge in [0.05, 0.1) is 11.9 Å². The molecule has 0 saturated carbocycles. The van der Waals surface area contributed by atoms with Crippen LogP contribution in [0.4, 0.5) is 0 Å². The van der Waals surface area contributed by atoms with E-state index in [1.807, 2.05) is 36.4 Å². The van der Waals surface area contributed by atoms with Crippen molar-refractivity contribution < 1.29 is 4.66 Å². The van der Waals surface area contributed by atoms with Gasteiger partial charge in [-0.1, -0.05) is 36.4 Å². The third-order valence-corrected chi connectivity index (χ3v) is 0.667. The smallest absolute Gasteiger partial charge is 0.0579 e. The minimum Gasteiger partial charge on any atom is -0.295 e. The van der Waals surface area contributed by atoms with Crippen LogP contribution in [0.1, 0.15) is 0 Å². The van der Waals surface area contributed by atoms with Gasteiger partial charge in [-0.15, -0.1) is 0 Å². The lowest BCUT2D eigenvalue weighted by Crippen LogP contribution is -1.47. The fraction of sp³-hybridized carbons (Fsp3) is 0. The first-order chi connectivity index (χ1) is 4.00. The molecule has 0 atom stereocenters. The lowest BCUT2D eigenvalue weighted by molar-refractivity contribution is 0.632. The minimum atomic E-state index is 2.00. The number of rotatable bonds is 0. The Hall–Kier alpha value is -0.530. The molecule has 44 valence electrons. The van der Waals surface area contributed by atoms with Crippen LogP contribution in [0, 0.1) is 0 Å². The van der Waals surface area contributed by atoms with Crippen LogP contribution in [-0.4, -0.2) is 4.66 Å². The maximum absolute atomic E-state index is 6.47. The van der Waals surface area contributed by atoms with Gasteiger partial charge in [0.2, 0.25) is 0 Å². The zero-order valence-electron chi connectivity index (χ0n) is 4.29. The molecule has 0 saturated heterocycles. The average molecular weight is 131 g/mol. The number of benzene rings is 1. The maximum Gasteiger partial charge on any atom is 0.0579 e. The van der Waals surface area contributed by atoms with E-state index in [1.54, 1.807) is 0 Å². The molecule has 0 radical (unpaired) electrons. The second-order valence-electron chi connectivity index (χ2n) is 1.15. The summed E-state index contributed by atoms with van der Waals surface area (Å²) in [5.41, 5.74) is 0. The summed E-state index contributed by atoms with van der Waals surface area (Å²) in [5.74, 6) is 0. The number of halogens is 1. The van der Waals surface area contributed by atoms with Gasteiger partial charge >= 0.3 is 0 Å². The predicted octanol–water partition coefficient (Wildman–Crippen LogP) is 1.82. The highest BCUT2D eigenvalue weighted by Gasteiger charge is 1.57. The molecule has 0 aliphatic carbocycles. The summed E-state index contributed by atoms with van der Waals surface area (Å²) in [6, 6.07) is 12.0. The minimum absolute atomic E-state index is 2.00. The Bertz CT molecular complexity index is 80.5. The van der Waals surface area contributed by atoms with Crippen LogP contribution in [0.3, 0.4) is 0 Å². The number of hydrogen-bond acceptors (Lipinski definition) is 1. The molecule has 1 nitrogen and oxygen atoms in total. The normalized spacial score (nSPS) is 6.75. The van der Waals surface area contributed by atoms with Crippen LogP contribution in [-0.2, 0) is 0 Å². The predicted molar refractivity (Wildman–Crippen MR) is 34.5 cm³/mol. The lowest BCUT2D eigenvalue weighted by Gasteiger charge is -1.69.